The zero-order chi connectivity index (χ0) is 19.4. The summed E-state index contributed by atoms with van der Waals surface area (Å²) in [7, 11) is 0. The monoisotopic (exact) mass is 487 g/mol. The topological polar surface area (TPSA) is 46.2 Å². The van der Waals surface area contributed by atoms with Crippen LogP contribution in [0.15, 0.2) is 34.9 Å². The van der Waals surface area contributed by atoms with Crippen LogP contribution in [-0.2, 0) is 10.2 Å². The molecule has 1 fully saturated rings. The summed E-state index contributed by atoms with van der Waals surface area (Å²) in [6.45, 7) is 4.03. The van der Waals surface area contributed by atoms with Crippen molar-refractivity contribution < 1.29 is 4.74 Å². The van der Waals surface area contributed by atoms with Crippen LogP contribution >= 0.6 is 51.3 Å². The molecule has 0 bridgehead atoms. The maximum Gasteiger partial charge on any atom is 0.172 e. The molecule has 0 atom stereocenters. The molecule has 1 saturated heterocycles. The number of rotatable bonds is 4. The summed E-state index contributed by atoms with van der Waals surface area (Å²) < 4.78 is 6.44. The maximum absolute atomic E-state index is 6.36. The lowest BCUT2D eigenvalue weighted by Gasteiger charge is -2.38. The summed E-state index contributed by atoms with van der Waals surface area (Å²) in [5, 5.41) is 8.20. The van der Waals surface area contributed by atoms with Gasteiger partial charge in [-0.25, -0.2) is 4.98 Å². The molecule has 2 N–H and O–H groups in total. The van der Waals surface area contributed by atoms with Gasteiger partial charge in [0.2, 0.25) is 0 Å². The number of nitrogens with one attached hydrogen (secondary N) is 2. The second kappa shape index (κ2) is 9.05. The zero-order valence-electron chi connectivity index (χ0n) is 14.8. The summed E-state index contributed by atoms with van der Waals surface area (Å²) in [6, 6.07) is 8.02. The molecule has 1 aliphatic heterocycles. The van der Waals surface area contributed by atoms with Crippen LogP contribution in [0.5, 0.6) is 0 Å². The standard InChI is InChI=1S/C19H20BrCl2N3OS/c1-12-15(20)10-23-17(16(12)22)25-18(27)24-11-19(5-7-26-8-6-19)13-3-2-4-14(21)9-13/h2-4,9-10H,5-8,11H2,1H3,(H2,23,24,25,27). The van der Waals surface area contributed by atoms with E-state index in [1.807, 2.05) is 25.1 Å². The summed E-state index contributed by atoms with van der Waals surface area (Å²) in [6.07, 6.45) is 3.51. The van der Waals surface area contributed by atoms with E-state index in [2.05, 4.69) is 37.6 Å². The number of thiocarbonyl (C=S) groups is 1. The summed E-state index contributed by atoms with van der Waals surface area (Å²) in [5.74, 6) is 0.540. The van der Waals surface area contributed by atoms with E-state index >= 15 is 0 Å². The molecule has 3 rings (SSSR count). The second-order valence-corrected chi connectivity index (χ2v) is 8.68. The van der Waals surface area contributed by atoms with Gasteiger partial charge in [-0.15, -0.1) is 0 Å². The Morgan fingerprint density at radius 1 is 1.33 bits per heavy atom. The predicted molar refractivity (Wildman–Crippen MR) is 119 cm³/mol. The van der Waals surface area contributed by atoms with Crippen LogP contribution in [0.2, 0.25) is 10.0 Å². The van der Waals surface area contributed by atoms with Crippen molar-refractivity contribution in [2.24, 2.45) is 0 Å². The highest BCUT2D eigenvalue weighted by Gasteiger charge is 2.34. The van der Waals surface area contributed by atoms with Crippen molar-refractivity contribution in [2.45, 2.75) is 25.2 Å². The Bertz CT molecular complexity index is 844. The first-order valence-corrected chi connectivity index (χ1v) is 10.6. The van der Waals surface area contributed by atoms with Crippen LogP contribution in [0.3, 0.4) is 0 Å². The number of ether oxygens (including phenoxy) is 1. The van der Waals surface area contributed by atoms with Gasteiger partial charge in [0.1, 0.15) is 0 Å². The number of hydrogen-bond donors (Lipinski definition) is 2. The quantitative estimate of drug-likeness (QED) is 0.557. The average molecular weight is 489 g/mol. The molecule has 0 unspecified atom stereocenters. The molecule has 0 radical (unpaired) electrons. The third kappa shape index (κ3) is 4.93. The van der Waals surface area contributed by atoms with Gasteiger partial charge >= 0.3 is 0 Å². The van der Waals surface area contributed by atoms with Gasteiger partial charge in [0, 0.05) is 40.9 Å². The molecule has 2 heterocycles. The highest BCUT2D eigenvalue weighted by molar-refractivity contribution is 9.10. The third-order valence-corrected chi connectivity index (χ3v) is 6.65. The van der Waals surface area contributed by atoms with E-state index in [0.717, 1.165) is 27.9 Å². The maximum atomic E-state index is 6.36. The van der Waals surface area contributed by atoms with Gasteiger partial charge in [0.15, 0.2) is 10.9 Å². The average Bonchev–Trinajstić information content (AvgIpc) is 2.68. The third-order valence-electron chi connectivity index (χ3n) is 4.91. The smallest absolute Gasteiger partial charge is 0.172 e. The fourth-order valence-corrected chi connectivity index (χ4v) is 4.17. The number of aromatic nitrogens is 1. The van der Waals surface area contributed by atoms with Crippen molar-refractivity contribution in [3.8, 4) is 0 Å². The normalized spacial score (nSPS) is 16.0. The molecular weight excluding hydrogens is 469 g/mol. The highest BCUT2D eigenvalue weighted by Crippen LogP contribution is 2.35. The first-order valence-electron chi connectivity index (χ1n) is 8.60. The molecule has 27 heavy (non-hydrogen) atoms. The molecule has 0 saturated carbocycles. The van der Waals surface area contributed by atoms with Gasteiger partial charge in [-0.05, 0) is 71.2 Å². The van der Waals surface area contributed by atoms with E-state index < -0.39 is 0 Å². The zero-order valence-corrected chi connectivity index (χ0v) is 18.7. The minimum atomic E-state index is -0.0816. The lowest BCUT2D eigenvalue weighted by molar-refractivity contribution is 0.0515. The summed E-state index contributed by atoms with van der Waals surface area (Å²) >= 11 is 21.5. The Kier molecular flexibility index (Phi) is 6.98. The number of pyridine rings is 1. The van der Waals surface area contributed by atoms with Crippen LogP contribution in [0, 0.1) is 6.92 Å². The Morgan fingerprint density at radius 3 is 2.78 bits per heavy atom. The van der Waals surface area contributed by atoms with Crippen LogP contribution in [-0.4, -0.2) is 29.9 Å². The van der Waals surface area contributed by atoms with Crippen LogP contribution < -0.4 is 10.6 Å². The van der Waals surface area contributed by atoms with E-state index in [1.165, 1.54) is 5.56 Å². The molecule has 2 aromatic rings. The predicted octanol–water partition coefficient (Wildman–Crippen LogP) is 5.49. The Labute approximate surface area is 183 Å². The molecule has 144 valence electrons. The van der Waals surface area contributed by atoms with Crippen molar-refractivity contribution in [2.75, 3.05) is 25.1 Å². The fraction of sp³-hybridized carbons (Fsp3) is 0.368. The summed E-state index contributed by atoms with van der Waals surface area (Å²) in [4.78, 5) is 4.31. The number of hydrogen-bond acceptors (Lipinski definition) is 3. The lowest BCUT2D eigenvalue weighted by Crippen LogP contribution is -2.45. The first kappa shape index (κ1) is 20.8. The van der Waals surface area contributed by atoms with Crippen molar-refractivity contribution in [1.82, 2.24) is 10.3 Å². The lowest BCUT2D eigenvalue weighted by atomic mass is 9.74. The molecule has 0 amide bonds. The Hall–Kier alpha value is -0.920. The largest absolute Gasteiger partial charge is 0.381 e. The highest BCUT2D eigenvalue weighted by atomic mass is 79.9. The van der Waals surface area contributed by atoms with Crippen molar-refractivity contribution in [1.29, 1.82) is 0 Å². The van der Waals surface area contributed by atoms with Gasteiger partial charge < -0.3 is 15.4 Å². The van der Waals surface area contributed by atoms with E-state index in [-0.39, 0.29) is 5.41 Å². The molecule has 0 spiro atoms. The number of halogens is 3. The molecule has 1 aliphatic rings. The molecule has 8 heteroatoms. The van der Waals surface area contributed by atoms with Crippen molar-refractivity contribution in [3.05, 3.63) is 56.1 Å². The second-order valence-electron chi connectivity index (χ2n) is 6.60. The Balaban J connectivity index is 1.72. The molecule has 0 aliphatic carbocycles. The van der Waals surface area contributed by atoms with E-state index in [9.17, 15) is 0 Å². The molecule has 1 aromatic heterocycles. The van der Waals surface area contributed by atoms with Gasteiger partial charge in [-0.2, -0.15) is 0 Å². The number of benzene rings is 1. The molecule has 4 nitrogen and oxygen atoms in total. The minimum Gasteiger partial charge on any atom is -0.381 e. The number of nitrogens with zero attached hydrogens (tertiary/aromatic N) is 1. The van der Waals surface area contributed by atoms with Crippen LogP contribution in [0.1, 0.15) is 24.0 Å². The van der Waals surface area contributed by atoms with E-state index in [4.69, 9.17) is 40.2 Å². The van der Waals surface area contributed by atoms with Gasteiger partial charge in [-0.1, -0.05) is 35.3 Å². The fourth-order valence-electron chi connectivity index (χ4n) is 3.19. The van der Waals surface area contributed by atoms with E-state index in [0.29, 0.717) is 35.7 Å². The van der Waals surface area contributed by atoms with Crippen molar-refractivity contribution in [3.63, 3.8) is 0 Å². The Morgan fingerprint density at radius 2 is 2.07 bits per heavy atom. The minimum absolute atomic E-state index is 0.0816. The molecule has 1 aromatic carbocycles. The summed E-state index contributed by atoms with van der Waals surface area (Å²) in [5.41, 5.74) is 2.03. The molecular formula is C19H20BrCl2N3OS. The van der Waals surface area contributed by atoms with Gasteiger partial charge in [0.05, 0.1) is 5.02 Å². The SMILES string of the molecule is Cc1c(Br)cnc(NC(=S)NCC2(c3cccc(Cl)c3)CCOCC2)c1Cl. The van der Waals surface area contributed by atoms with Crippen molar-refractivity contribution >= 4 is 62.3 Å². The first-order chi connectivity index (χ1) is 12.9. The van der Waals surface area contributed by atoms with Gasteiger partial charge in [-0.3, -0.25) is 0 Å². The number of anilines is 1. The van der Waals surface area contributed by atoms with E-state index in [1.54, 1.807) is 6.20 Å². The van der Waals surface area contributed by atoms with Crippen LogP contribution in [0.25, 0.3) is 0 Å². The van der Waals surface area contributed by atoms with Gasteiger partial charge in [0.25, 0.3) is 0 Å². The van der Waals surface area contributed by atoms with Crippen LogP contribution in [0.4, 0.5) is 5.82 Å².